The Hall–Kier alpha value is -2.61. The second kappa shape index (κ2) is 7.96. The molecule has 1 aromatic carbocycles. The van der Waals surface area contributed by atoms with E-state index in [1.54, 1.807) is 6.92 Å². The standard InChI is InChI=1S/C19H21N3O4S/c1-11-8-13-6-4-5-7-15(13)22(11)18(25)12(2)27-19-20-14(9-16(23)21-19)10-17(24)26-3/h4-7,9,11-12H,8,10H2,1-3H3,(H,20,21,23)/t11-,12+/m1/s1. The molecule has 1 aromatic heterocycles. The lowest BCUT2D eigenvalue weighted by Gasteiger charge is -2.25. The smallest absolute Gasteiger partial charge is 0.311 e. The first-order valence-electron chi connectivity index (χ1n) is 8.63. The monoisotopic (exact) mass is 387 g/mol. The van der Waals surface area contributed by atoms with Crippen molar-refractivity contribution in [3.63, 3.8) is 0 Å². The molecule has 1 aliphatic heterocycles. The Morgan fingerprint density at radius 1 is 1.41 bits per heavy atom. The quantitative estimate of drug-likeness (QED) is 0.479. The van der Waals surface area contributed by atoms with Crippen molar-refractivity contribution in [3.05, 3.63) is 51.9 Å². The largest absolute Gasteiger partial charge is 0.469 e. The summed E-state index contributed by atoms with van der Waals surface area (Å²) in [6, 6.07) is 9.21. The van der Waals surface area contributed by atoms with Crippen LogP contribution in [0.1, 0.15) is 25.1 Å². The fourth-order valence-electron chi connectivity index (χ4n) is 3.16. The zero-order valence-corrected chi connectivity index (χ0v) is 16.2. The van der Waals surface area contributed by atoms with E-state index >= 15 is 0 Å². The minimum Gasteiger partial charge on any atom is -0.469 e. The summed E-state index contributed by atoms with van der Waals surface area (Å²) >= 11 is 1.17. The molecule has 7 nitrogen and oxygen atoms in total. The molecule has 2 atom stereocenters. The van der Waals surface area contributed by atoms with Gasteiger partial charge in [0.15, 0.2) is 5.16 Å². The van der Waals surface area contributed by atoms with Crippen LogP contribution in [0.3, 0.4) is 0 Å². The van der Waals surface area contributed by atoms with Crippen LogP contribution in [0, 0.1) is 0 Å². The number of anilines is 1. The van der Waals surface area contributed by atoms with Crippen LogP contribution in [0.4, 0.5) is 5.69 Å². The second-order valence-corrected chi connectivity index (χ2v) is 7.77. The van der Waals surface area contributed by atoms with Crippen LogP contribution in [-0.2, 0) is 27.2 Å². The molecule has 0 aliphatic carbocycles. The number of ether oxygens (including phenoxy) is 1. The number of benzene rings is 1. The topological polar surface area (TPSA) is 92.4 Å². The predicted octanol–water partition coefficient (Wildman–Crippen LogP) is 1.94. The van der Waals surface area contributed by atoms with Gasteiger partial charge in [-0.15, -0.1) is 0 Å². The van der Waals surface area contributed by atoms with Crippen LogP contribution in [0.25, 0.3) is 0 Å². The average molecular weight is 387 g/mol. The zero-order chi connectivity index (χ0) is 19.6. The van der Waals surface area contributed by atoms with Gasteiger partial charge in [0, 0.05) is 17.8 Å². The number of hydrogen-bond donors (Lipinski definition) is 1. The summed E-state index contributed by atoms with van der Waals surface area (Å²) in [5.74, 6) is -0.519. The molecule has 1 aliphatic rings. The van der Waals surface area contributed by atoms with Crippen LogP contribution in [0.15, 0.2) is 40.3 Å². The normalized spacial score (nSPS) is 16.7. The van der Waals surface area contributed by atoms with Gasteiger partial charge in [0.2, 0.25) is 5.91 Å². The molecule has 1 N–H and O–H groups in total. The lowest BCUT2D eigenvalue weighted by molar-refractivity contribution is -0.139. The summed E-state index contributed by atoms with van der Waals surface area (Å²) in [7, 11) is 1.28. The molecule has 2 aromatic rings. The van der Waals surface area contributed by atoms with Crippen LogP contribution in [0.2, 0.25) is 0 Å². The summed E-state index contributed by atoms with van der Waals surface area (Å²) in [6.45, 7) is 3.81. The van der Waals surface area contributed by atoms with Gasteiger partial charge in [-0.05, 0) is 31.9 Å². The average Bonchev–Trinajstić information content (AvgIpc) is 2.96. The number of rotatable bonds is 5. The Balaban J connectivity index is 1.77. The number of carbonyl (C=O) groups is 2. The van der Waals surface area contributed by atoms with Crippen LogP contribution in [0.5, 0.6) is 0 Å². The van der Waals surface area contributed by atoms with Crippen molar-refractivity contribution >= 4 is 29.3 Å². The minimum absolute atomic E-state index is 0.0431. The van der Waals surface area contributed by atoms with Crippen molar-refractivity contribution in [1.82, 2.24) is 9.97 Å². The highest BCUT2D eigenvalue weighted by Crippen LogP contribution is 2.34. The lowest BCUT2D eigenvalue weighted by Crippen LogP contribution is -2.40. The molecule has 0 saturated heterocycles. The molecule has 27 heavy (non-hydrogen) atoms. The van der Waals surface area contributed by atoms with E-state index in [4.69, 9.17) is 0 Å². The van der Waals surface area contributed by atoms with Crippen molar-refractivity contribution in [2.45, 2.75) is 43.1 Å². The zero-order valence-electron chi connectivity index (χ0n) is 15.4. The Kier molecular flexibility index (Phi) is 5.65. The van der Waals surface area contributed by atoms with Gasteiger partial charge in [-0.25, -0.2) is 4.98 Å². The molecule has 0 bridgehead atoms. The number of H-pyrrole nitrogens is 1. The number of carbonyl (C=O) groups excluding carboxylic acids is 2. The van der Waals surface area contributed by atoms with E-state index in [2.05, 4.69) is 14.7 Å². The number of nitrogens with one attached hydrogen (secondary N) is 1. The molecule has 0 unspecified atom stereocenters. The second-order valence-electron chi connectivity index (χ2n) is 6.44. The molecular formula is C19H21N3O4S. The Bertz CT molecular complexity index is 927. The number of aromatic amines is 1. The van der Waals surface area contributed by atoms with Gasteiger partial charge in [-0.3, -0.25) is 14.4 Å². The number of para-hydroxylation sites is 1. The molecule has 0 radical (unpaired) electrons. The van der Waals surface area contributed by atoms with Crippen molar-refractivity contribution < 1.29 is 14.3 Å². The van der Waals surface area contributed by atoms with Crippen LogP contribution < -0.4 is 10.5 Å². The van der Waals surface area contributed by atoms with E-state index in [0.717, 1.165) is 17.7 Å². The van der Waals surface area contributed by atoms with Crippen molar-refractivity contribution in [1.29, 1.82) is 0 Å². The van der Waals surface area contributed by atoms with Gasteiger partial charge in [-0.1, -0.05) is 30.0 Å². The molecule has 2 heterocycles. The van der Waals surface area contributed by atoms with E-state index in [-0.39, 0.29) is 23.9 Å². The first kappa shape index (κ1) is 19.2. The predicted molar refractivity (Wildman–Crippen MR) is 103 cm³/mol. The lowest BCUT2D eigenvalue weighted by atomic mass is 10.1. The number of amides is 1. The van der Waals surface area contributed by atoms with E-state index in [1.165, 1.54) is 24.9 Å². The maximum atomic E-state index is 13.0. The number of nitrogens with zero attached hydrogens (tertiary/aromatic N) is 2. The van der Waals surface area contributed by atoms with Crippen molar-refractivity contribution in [2.24, 2.45) is 0 Å². The first-order valence-corrected chi connectivity index (χ1v) is 9.51. The minimum atomic E-state index is -0.476. The van der Waals surface area contributed by atoms with Gasteiger partial charge in [-0.2, -0.15) is 0 Å². The van der Waals surface area contributed by atoms with Gasteiger partial charge in [0.1, 0.15) is 0 Å². The highest BCUT2D eigenvalue weighted by Gasteiger charge is 2.33. The molecule has 0 fully saturated rings. The Labute approximate surface area is 161 Å². The third-order valence-electron chi connectivity index (χ3n) is 4.41. The highest BCUT2D eigenvalue weighted by molar-refractivity contribution is 8.00. The SMILES string of the molecule is COC(=O)Cc1cc(=O)[nH]c(S[C@@H](C)C(=O)N2c3ccccc3C[C@H]2C)n1. The number of hydrogen-bond acceptors (Lipinski definition) is 6. The molecule has 142 valence electrons. The van der Waals surface area contributed by atoms with Crippen LogP contribution >= 0.6 is 11.8 Å². The van der Waals surface area contributed by atoms with Crippen LogP contribution in [-0.4, -0.2) is 40.2 Å². The maximum Gasteiger partial charge on any atom is 0.311 e. The Morgan fingerprint density at radius 2 is 2.15 bits per heavy atom. The van der Waals surface area contributed by atoms with Gasteiger partial charge >= 0.3 is 5.97 Å². The number of aromatic nitrogens is 2. The summed E-state index contributed by atoms with van der Waals surface area (Å²) in [5, 5.41) is -0.141. The number of fused-ring (bicyclic) bond motifs is 1. The first-order chi connectivity index (χ1) is 12.9. The highest BCUT2D eigenvalue weighted by atomic mass is 32.2. The van der Waals surface area contributed by atoms with E-state index < -0.39 is 11.2 Å². The Morgan fingerprint density at radius 3 is 2.89 bits per heavy atom. The van der Waals surface area contributed by atoms with Gasteiger partial charge in [0.25, 0.3) is 5.56 Å². The summed E-state index contributed by atoms with van der Waals surface area (Å²) in [6.07, 6.45) is 0.732. The third-order valence-corrected chi connectivity index (χ3v) is 5.38. The van der Waals surface area contributed by atoms with E-state index in [9.17, 15) is 14.4 Å². The summed E-state index contributed by atoms with van der Waals surface area (Å²) in [5.41, 5.74) is 2.03. The molecule has 8 heteroatoms. The van der Waals surface area contributed by atoms with E-state index in [1.807, 2.05) is 36.1 Å². The molecule has 0 spiro atoms. The maximum absolute atomic E-state index is 13.0. The number of methoxy groups -OCH3 is 1. The molecule has 3 rings (SSSR count). The van der Waals surface area contributed by atoms with E-state index in [0.29, 0.717) is 10.9 Å². The fourth-order valence-corrected chi connectivity index (χ4v) is 4.04. The molecule has 0 saturated carbocycles. The number of thioether (sulfide) groups is 1. The fraction of sp³-hybridized carbons (Fsp3) is 0.368. The molecule has 1 amide bonds. The van der Waals surface area contributed by atoms with Crippen molar-refractivity contribution in [2.75, 3.05) is 12.0 Å². The van der Waals surface area contributed by atoms with Gasteiger partial charge < -0.3 is 14.6 Å². The summed E-state index contributed by atoms with van der Waals surface area (Å²) in [4.78, 5) is 45.0. The summed E-state index contributed by atoms with van der Waals surface area (Å²) < 4.78 is 4.61. The third kappa shape index (κ3) is 4.21. The van der Waals surface area contributed by atoms with Crippen molar-refractivity contribution in [3.8, 4) is 0 Å². The number of esters is 1. The van der Waals surface area contributed by atoms with Gasteiger partial charge in [0.05, 0.1) is 24.5 Å². The molecular weight excluding hydrogens is 366 g/mol.